The first-order valence-electron chi connectivity index (χ1n) is 7.78. The average molecular weight is 356 g/mol. The Morgan fingerprint density at radius 3 is 2.21 bits per heavy atom. The average Bonchev–Trinajstić information content (AvgIpc) is 2.46. The van der Waals surface area contributed by atoms with Crippen molar-refractivity contribution in [2.75, 3.05) is 5.32 Å². The van der Waals surface area contributed by atoms with Crippen molar-refractivity contribution in [3.63, 3.8) is 0 Å². The predicted molar refractivity (Wildman–Crippen MR) is 91.0 cm³/mol. The third-order valence-electron chi connectivity index (χ3n) is 2.95. The van der Waals surface area contributed by atoms with Crippen LogP contribution in [-0.2, 0) is 24.3 Å². The number of rotatable bonds is 8. The van der Waals surface area contributed by atoms with E-state index in [0.29, 0.717) is 12.1 Å². The zero-order valence-corrected chi connectivity index (χ0v) is 15.1. The molecular formula is C16H24N2O5S. The van der Waals surface area contributed by atoms with Crippen LogP contribution in [-0.4, -0.2) is 32.4 Å². The number of sulfonamides is 1. The van der Waals surface area contributed by atoms with Crippen molar-refractivity contribution in [2.45, 2.75) is 57.6 Å². The Morgan fingerprint density at radius 2 is 1.71 bits per heavy atom. The molecule has 2 N–H and O–H groups in total. The lowest BCUT2D eigenvalue weighted by molar-refractivity contribution is -0.153. The summed E-state index contributed by atoms with van der Waals surface area (Å²) >= 11 is 0. The molecule has 0 unspecified atom stereocenters. The van der Waals surface area contributed by atoms with E-state index >= 15 is 0 Å². The van der Waals surface area contributed by atoms with Gasteiger partial charge in [0.2, 0.25) is 10.0 Å². The molecule has 8 heteroatoms. The van der Waals surface area contributed by atoms with Crippen molar-refractivity contribution in [1.82, 2.24) is 4.72 Å². The first-order chi connectivity index (χ1) is 11.2. The maximum Gasteiger partial charge on any atom is 0.306 e. The summed E-state index contributed by atoms with van der Waals surface area (Å²) in [4.78, 5) is 23.4. The van der Waals surface area contributed by atoms with Crippen LogP contribution in [0.3, 0.4) is 0 Å². The minimum absolute atomic E-state index is 0.108. The van der Waals surface area contributed by atoms with Gasteiger partial charge >= 0.3 is 5.97 Å². The first kappa shape index (κ1) is 20.1. The second-order valence-electron chi connectivity index (χ2n) is 5.67. The Morgan fingerprint density at radius 1 is 1.12 bits per heavy atom. The summed E-state index contributed by atoms with van der Waals surface area (Å²) in [7, 11) is -3.58. The molecule has 7 nitrogen and oxygen atoms in total. The number of anilines is 1. The number of hydrogen-bond donors (Lipinski definition) is 2. The van der Waals surface area contributed by atoms with Gasteiger partial charge in [0.05, 0.1) is 4.90 Å². The standard InChI is InChI=1S/C16H24N2O5S/c1-5-6-15(19)23-12(4)16(20)17-13-7-9-14(10-8-13)24(21,22)18-11(2)3/h7-12,18H,5-6H2,1-4H3,(H,17,20)/t12-/m0/s1. The van der Waals surface area contributed by atoms with E-state index in [1.165, 1.54) is 31.2 Å². The second-order valence-corrected chi connectivity index (χ2v) is 7.39. The summed E-state index contributed by atoms with van der Waals surface area (Å²) in [6.07, 6.45) is -0.0179. The lowest BCUT2D eigenvalue weighted by Gasteiger charge is -2.14. The Labute approximate surface area is 142 Å². The molecule has 0 fully saturated rings. The van der Waals surface area contributed by atoms with Crippen LogP contribution < -0.4 is 10.0 Å². The fourth-order valence-corrected chi connectivity index (χ4v) is 3.10. The van der Waals surface area contributed by atoms with Crippen molar-refractivity contribution in [2.24, 2.45) is 0 Å². The first-order valence-corrected chi connectivity index (χ1v) is 9.26. The van der Waals surface area contributed by atoms with E-state index in [9.17, 15) is 18.0 Å². The van der Waals surface area contributed by atoms with Crippen LogP contribution in [0.15, 0.2) is 29.2 Å². The zero-order chi connectivity index (χ0) is 18.3. The number of ether oxygens (including phenoxy) is 1. The topological polar surface area (TPSA) is 102 Å². The molecule has 0 aromatic heterocycles. The van der Waals surface area contributed by atoms with Crippen LogP contribution >= 0.6 is 0 Å². The van der Waals surface area contributed by atoms with Gasteiger partial charge in [-0.15, -0.1) is 0 Å². The Balaban J connectivity index is 2.70. The highest BCUT2D eigenvalue weighted by Crippen LogP contribution is 2.15. The monoisotopic (exact) mass is 356 g/mol. The maximum atomic E-state index is 12.0. The van der Waals surface area contributed by atoms with Crippen LogP contribution in [0.1, 0.15) is 40.5 Å². The molecule has 0 aliphatic rings. The number of carbonyl (C=O) groups excluding carboxylic acids is 2. The van der Waals surface area contributed by atoms with Gasteiger partial charge in [-0.1, -0.05) is 6.92 Å². The van der Waals surface area contributed by atoms with E-state index in [4.69, 9.17) is 4.74 Å². The minimum atomic E-state index is -3.58. The minimum Gasteiger partial charge on any atom is -0.453 e. The quantitative estimate of drug-likeness (QED) is 0.694. The van der Waals surface area contributed by atoms with Gasteiger partial charge in [0.25, 0.3) is 5.91 Å². The van der Waals surface area contributed by atoms with Gasteiger partial charge in [-0.3, -0.25) is 9.59 Å². The van der Waals surface area contributed by atoms with E-state index in [0.717, 1.165) is 0 Å². The molecule has 0 radical (unpaired) electrons. The number of amides is 1. The zero-order valence-electron chi connectivity index (χ0n) is 14.3. The molecule has 1 atom stereocenters. The van der Waals surface area contributed by atoms with E-state index in [2.05, 4.69) is 10.0 Å². The highest BCUT2D eigenvalue weighted by Gasteiger charge is 2.18. The highest BCUT2D eigenvalue weighted by atomic mass is 32.2. The van der Waals surface area contributed by atoms with E-state index in [1.807, 2.05) is 6.92 Å². The number of esters is 1. The summed E-state index contributed by atoms with van der Waals surface area (Å²) in [6, 6.07) is 5.54. The fourth-order valence-electron chi connectivity index (χ4n) is 1.85. The van der Waals surface area contributed by atoms with Crippen molar-refractivity contribution in [3.05, 3.63) is 24.3 Å². The van der Waals surface area contributed by atoms with Gasteiger partial charge in [-0.05, 0) is 51.5 Å². The number of carbonyl (C=O) groups is 2. The molecule has 1 rings (SSSR count). The second kappa shape index (κ2) is 8.79. The van der Waals surface area contributed by atoms with E-state index < -0.39 is 28.0 Å². The molecule has 0 aliphatic heterocycles. The number of hydrogen-bond acceptors (Lipinski definition) is 5. The van der Waals surface area contributed by atoms with Crippen LogP contribution in [0, 0.1) is 0 Å². The number of benzene rings is 1. The van der Waals surface area contributed by atoms with Crippen molar-refractivity contribution in [1.29, 1.82) is 0 Å². The maximum absolute atomic E-state index is 12.0. The third-order valence-corrected chi connectivity index (χ3v) is 4.63. The van der Waals surface area contributed by atoms with Crippen LogP contribution in [0.2, 0.25) is 0 Å². The number of nitrogens with one attached hydrogen (secondary N) is 2. The molecule has 0 bridgehead atoms. The van der Waals surface area contributed by atoms with Crippen molar-refractivity contribution < 1.29 is 22.7 Å². The Hall–Kier alpha value is -1.93. The SMILES string of the molecule is CCCC(=O)O[C@@H](C)C(=O)Nc1ccc(S(=O)(=O)NC(C)C)cc1. The lowest BCUT2D eigenvalue weighted by Crippen LogP contribution is -2.30. The molecule has 0 heterocycles. The van der Waals surface area contributed by atoms with Crippen LogP contribution in [0.4, 0.5) is 5.69 Å². The summed E-state index contributed by atoms with van der Waals surface area (Å²) in [5.41, 5.74) is 0.418. The van der Waals surface area contributed by atoms with E-state index in [-0.39, 0.29) is 17.4 Å². The molecule has 1 aromatic carbocycles. The van der Waals surface area contributed by atoms with Crippen LogP contribution in [0.5, 0.6) is 0 Å². The van der Waals surface area contributed by atoms with Gasteiger partial charge in [0, 0.05) is 18.2 Å². The molecule has 0 spiro atoms. The molecule has 1 aromatic rings. The van der Waals surface area contributed by atoms with Gasteiger partial charge < -0.3 is 10.1 Å². The van der Waals surface area contributed by atoms with Crippen LogP contribution in [0.25, 0.3) is 0 Å². The smallest absolute Gasteiger partial charge is 0.306 e. The molecule has 0 saturated carbocycles. The van der Waals surface area contributed by atoms with Crippen molar-refractivity contribution in [3.8, 4) is 0 Å². The summed E-state index contributed by atoms with van der Waals surface area (Å²) < 4.78 is 31.5. The summed E-state index contributed by atoms with van der Waals surface area (Å²) in [5.74, 6) is -0.906. The molecule has 0 saturated heterocycles. The van der Waals surface area contributed by atoms with Gasteiger partial charge in [0.15, 0.2) is 6.10 Å². The Bertz CT molecular complexity index is 668. The molecular weight excluding hydrogens is 332 g/mol. The Kier molecular flexibility index (Phi) is 7.37. The summed E-state index contributed by atoms with van der Waals surface area (Å²) in [5, 5.41) is 2.58. The lowest BCUT2D eigenvalue weighted by atomic mass is 10.3. The summed E-state index contributed by atoms with van der Waals surface area (Å²) in [6.45, 7) is 6.78. The molecule has 0 aliphatic carbocycles. The predicted octanol–water partition coefficient (Wildman–Crippen LogP) is 2.04. The van der Waals surface area contributed by atoms with Crippen molar-refractivity contribution >= 4 is 27.6 Å². The van der Waals surface area contributed by atoms with Gasteiger partial charge in [-0.25, -0.2) is 13.1 Å². The van der Waals surface area contributed by atoms with Gasteiger partial charge in [-0.2, -0.15) is 0 Å². The van der Waals surface area contributed by atoms with E-state index in [1.54, 1.807) is 13.8 Å². The largest absolute Gasteiger partial charge is 0.453 e. The fraction of sp³-hybridized carbons (Fsp3) is 0.500. The molecule has 24 heavy (non-hydrogen) atoms. The normalized spacial score (nSPS) is 12.7. The molecule has 134 valence electrons. The van der Waals surface area contributed by atoms with Gasteiger partial charge in [0.1, 0.15) is 0 Å². The molecule has 1 amide bonds. The third kappa shape index (κ3) is 6.29. The highest BCUT2D eigenvalue weighted by molar-refractivity contribution is 7.89.